The second kappa shape index (κ2) is 9.48. The van der Waals surface area contributed by atoms with Crippen LogP contribution in [0.4, 0.5) is 0 Å². The summed E-state index contributed by atoms with van der Waals surface area (Å²) in [6.45, 7) is 5.79. The standard InChI is InChI=1S/C20H25BrN2O3S/c1-14-4-9-19(12-15(14)2)27(25,26)22-11-10-20(24)23-16(3)13-17-5-7-18(21)8-6-17/h4-9,12,16,22H,10-11,13H2,1-3H3,(H,23,24). The number of benzene rings is 2. The Morgan fingerprint density at radius 2 is 1.74 bits per heavy atom. The van der Waals surface area contributed by atoms with Gasteiger partial charge in [-0.3, -0.25) is 4.79 Å². The van der Waals surface area contributed by atoms with Crippen LogP contribution < -0.4 is 10.0 Å². The third-order valence-corrected chi connectivity index (χ3v) is 6.28. The van der Waals surface area contributed by atoms with Crippen molar-refractivity contribution < 1.29 is 13.2 Å². The monoisotopic (exact) mass is 452 g/mol. The quantitative estimate of drug-likeness (QED) is 0.643. The molecule has 0 aliphatic rings. The van der Waals surface area contributed by atoms with Gasteiger partial charge in [-0.05, 0) is 68.1 Å². The molecule has 5 nitrogen and oxygen atoms in total. The molecule has 0 bridgehead atoms. The highest BCUT2D eigenvalue weighted by Crippen LogP contribution is 2.14. The van der Waals surface area contributed by atoms with E-state index in [1.165, 1.54) is 0 Å². The zero-order chi connectivity index (χ0) is 20.0. The largest absolute Gasteiger partial charge is 0.353 e. The van der Waals surface area contributed by atoms with Crippen LogP contribution in [0.5, 0.6) is 0 Å². The van der Waals surface area contributed by atoms with E-state index >= 15 is 0 Å². The Morgan fingerprint density at radius 3 is 2.37 bits per heavy atom. The van der Waals surface area contributed by atoms with Gasteiger partial charge in [-0.25, -0.2) is 13.1 Å². The first-order valence-corrected chi connectivity index (χ1v) is 11.1. The van der Waals surface area contributed by atoms with Crippen LogP contribution in [0, 0.1) is 13.8 Å². The summed E-state index contributed by atoms with van der Waals surface area (Å²) in [6, 6.07) is 12.9. The van der Waals surface area contributed by atoms with E-state index in [0.29, 0.717) is 6.42 Å². The predicted octanol–water partition coefficient (Wildman–Crippen LogP) is 3.48. The van der Waals surface area contributed by atoms with Crippen LogP contribution in [-0.2, 0) is 21.2 Å². The van der Waals surface area contributed by atoms with Gasteiger partial charge in [0.2, 0.25) is 15.9 Å². The molecular formula is C20H25BrN2O3S. The van der Waals surface area contributed by atoms with Gasteiger partial charge in [0.1, 0.15) is 0 Å². The van der Waals surface area contributed by atoms with E-state index in [4.69, 9.17) is 0 Å². The fraction of sp³-hybridized carbons (Fsp3) is 0.350. The van der Waals surface area contributed by atoms with Gasteiger partial charge in [0, 0.05) is 23.5 Å². The number of carbonyl (C=O) groups excluding carboxylic acids is 1. The van der Waals surface area contributed by atoms with E-state index in [0.717, 1.165) is 21.2 Å². The van der Waals surface area contributed by atoms with Crippen molar-refractivity contribution in [3.63, 3.8) is 0 Å². The van der Waals surface area contributed by atoms with Crippen molar-refractivity contribution in [3.05, 3.63) is 63.6 Å². The third-order valence-electron chi connectivity index (χ3n) is 4.30. The highest BCUT2D eigenvalue weighted by molar-refractivity contribution is 9.10. The minimum atomic E-state index is -3.61. The lowest BCUT2D eigenvalue weighted by Gasteiger charge is -2.14. The number of carbonyl (C=O) groups is 1. The van der Waals surface area contributed by atoms with Crippen molar-refractivity contribution in [1.29, 1.82) is 0 Å². The molecule has 0 fully saturated rings. The molecule has 1 amide bonds. The number of rotatable bonds is 8. The van der Waals surface area contributed by atoms with Crippen molar-refractivity contribution in [1.82, 2.24) is 10.0 Å². The Kier molecular flexibility index (Phi) is 7.59. The number of aryl methyl sites for hydroxylation is 2. The van der Waals surface area contributed by atoms with Gasteiger partial charge in [0.25, 0.3) is 0 Å². The highest BCUT2D eigenvalue weighted by atomic mass is 79.9. The average Bonchev–Trinajstić information content (AvgIpc) is 2.59. The molecule has 2 aromatic rings. The fourth-order valence-electron chi connectivity index (χ4n) is 2.64. The smallest absolute Gasteiger partial charge is 0.240 e. The first-order chi connectivity index (χ1) is 12.7. The lowest BCUT2D eigenvalue weighted by Crippen LogP contribution is -2.36. The second-order valence-corrected chi connectivity index (χ2v) is 9.38. The van der Waals surface area contributed by atoms with Gasteiger partial charge in [0.05, 0.1) is 4.90 Å². The predicted molar refractivity (Wildman–Crippen MR) is 111 cm³/mol. The van der Waals surface area contributed by atoms with Gasteiger partial charge in [-0.2, -0.15) is 0 Å². The molecule has 0 aliphatic heterocycles. The van der Waals surface area contributed by atoms with Crippen LogP contribution in [0.25, 0.3) is 0 Å². The number of amides is 1. The Hall–Kier alpha value is -1.70. The molecule has 0 aliphatic carbocycles. The van der Waals surface area contributed by atoms with E-state index in [-0.39, 0.29) is 29.8 Å². The maximum Gasteiger partial charge on any atom is 0.240 e. The fourth-order valence-corrected chi connectivity index (χ4v) is 4.02. The van der Waals surface area contributed by atoms with Crippen LogP contribution in [-0.4, -0.2) is 26.9 Å². The molecule has 0 saturated carbocycles. The van der Waals surface area contributed by atoms with Crippen LogP contribution in [0.1, 0.15) is 30.0 Å². The van der Waals surface area contributed by atoms with Gasteiger partial charge < -0.3 is 5.32 Å². The summed E-state index contributed by atoms with van der Waals surface area (Å²) in [4.78, 5) is 12.3. The first kappa shape index (κ1) is 21.6. The Morgan fingerprint density at radius 1 is 1.07 bits per heavy atom. The molecule has 2 N–H and O–H groups in total. The topological polar surface area (TPSA) is 75.3 Å². The lowest BCUT2D eigenvalue weighted by atomic mass is 10.1. The summed E-state index contributed by atoms with van der Waals surface area (Å²) in [5.41, 5.74) is 3.08. The summed E-state index contributed by atoms with van der Waals surface area (Å²) in [7, 11) is -3.61. The molecule has 0 heterocycles. The number of sulfonamides is 1. The first-order valence-electron chi connectivity index (χ1n) is 8.78. The van der Waals surface area contributed by atoms with Crippen molar-refractivity contribution in [2.75, 3.05) is 6.54 Å². The second-order valence-electron chi connectivity index (χ2n) is 6.69. The van der Waals surface area contributed by atoms with E-state index < -0.39 is 10.0 Å². The number of hydrogen-bond donors (Lipinski definition) is 2. The number of halogens is 1. The Bertz CT molecular complexity index is 896. The SMILES string of the molecule is Cc1ccc(S(=O)(=O)NCCC(=O)NC(C)Cc2ccc(Br)cc2)cc1C. The van der Waals surface area contributed by atoms with Crippen molar-refractivity contribution in [3.8, 4) is 0 Å². The van der Waals surface area contributed by atoms with Gasteiger partial charge in [-0.15, -0.1) is 0 Å². The summed E-state index contributed by atoms with van der Waals surface area (Å²) in [6.07, 6.45) is 0.808. The van der Waals surface area contributed by atoms with Gasteiger partial charge in [0.15, 0.2) is 0 Å². The average molecular weight is 453 g/mol. The van der Waals surface area contributed by atoms with Crippen LogP contribution in [0.3, 0.4) is 0 Å². The van der Waals surface area contributed by atoms with Crippen LogP contribution in [0.2, 0.25) is 0 Å². The zero-order valence-electron chi connectivity index (χ0n) is 15.8. The van der Waals surface area contributed by atoms with Crippen molar-refractivity contribution in [2.24, 2.45) is 0 Å². The molecule has 2 rings (SSSR count). The molecular weight excluding hydrogens is 428 g/mol. The molecule has 0 aromatic heterocycles. The van der Waals surface area contributed by atoms with E-state index in [1.807, 2.05) is 45.0 Å². The molecule has 1 unspecified atom stereocenters. The van der Waals surface area contributed by atoms with E-state index in [9.17, 15) is 13.2 Å². The van der Waals surface area contributed by atoms with Crippen LogP contribution in [0.15, 0.2) is 51.8 Å². The normalized spacial score (nSPS) is 12.6. The van der Waals surface area contributed by atoms with Gasteiger partial charge >= 0.3 is 0 Å². The maximum absolute atomic E-state index is 12.3. The summed E-state index contributed by atoms with van der Waals surface area (Å²) in [5.74, 6) is -0.178. The molecule has 0 saturated heterocycles. The maximum atomic E-state index is 12.3. The third kappa shape index (κ3) is 6.75. The molecule has 0 radical (unpaired) electrons. The lowest BCUT2D eigenvalue weighted by molar-refractivity contribution is -0.121. The Labute approximate surface area is 169 Å². The summed E-state index contributed by atoms with van der Waals surface area (Å²) >= 11 is 3.39. The minimum absolute atomic E-state index is 0.0324. The van der Waals surface area contributed by atoms with E-state index in [2.05, 4.69) is 26.0 Å². The molecule has 2 aromatic carbocycles. The van der Waals surface area contributed by atoms with E-state index in [1.54, 1.807) is 18.2 Å². The Balaban J connectivity index is 1.80. The number of hydrogen-bond acceptors (Lipinski definition) is 3. The summed E-state index contributed by atoms with van der Waals surface area (Å²) in [5, 5.41) is 2.90. The van der Waals surface area contributed by atoms with Gasteiger partial charge in [-0.1, -0.05) is 34.1 Å². The van der Waals surface area contributed by atoms with Crippen molar-refractivity contribution >= 4 is 31.9 Å². The highest BCUT2D eigenvalue weighted by Gasteiger charge is 2.15. The van der Waals surface area contributed by atoms with Crippen LogP contribution >= 0.6 is 15.9 Å². The summed E-state index contributed by atoms with van der Waals surface area (Å²) < 4.78 is 28.1. The molecule has 7 heteroatoms. The van der Waals surface area contributed by atoms with Crippen molar-refractivity contribution in [2.45, 2.75) is 44.6 Å². The minimum Gasteiger partial charge on any atom is -0.353 e. The molecule has 0 spiro atoms. The molecule has 146 valence electrons. The molecule has 27 heavy (non-hydrogen) atoms. The molecule has 1 atom stereocenters. The number of nitrogens with one attached hydrogen (secondary N) is 2. The zero-order valence-corrected chi connectivity index (χ0v) is 18.2.